The summed E-state index contributed by atoms with van der Waals surface area (Å²) in [5, 5.41) is 0. The summed E-state index contributed by atoms with van der Waals surface area (Å²) >= 11 is 0. The minimum atomic E-state index is -3.83. The average Bonchev–Trinajstić information content (AvgIpc) is 3.14. The Labute approximate surface area is 162 Å². The highest BCUT2D eigenvalue weighted by atomic mass is 32.2. The first-order valence-electron chi connectivity index (χ1n) is 8.39. The SMILES string of the molecule is Cc1ccc(S(=O)(=O)N(C)CC(=O)OCC(=O)c2ccc3c(c2)OCO3)cc1. The largest absolute Gasteiger partial charge is 0.456 e. The predicted molar refractivity (Wildman–Crippen MR) is 98.8 cm³/mol. The molecule has 1 aliphatic heterocycles. The van der Waals surface area contributed by atoms with E-state index in [1.807, 2.05) is 6.92 Å². The number of fused-ring (bicyclic) bond motifs is 1. The van der Waals surface area contributed by atoms with E-state index < -0.39 is 34.9 Å². The fraction of sp³-hybridized carbons (Fsp3) is 0.263. The Bertz CT molecular complexity index is 999. The second kappa shape index (κ2) is 7.99. The number of carbonyl (C=O) groups is 2. The van der Waals surface area contributed by atoms with Crippen molar-refractivity contribution in [2.24, 2.45) is 0 Å². The highest BCUT2D eigenvalue weighted by Gasteiger charge is 2.24. The Hall–Kier alpha value is -2.91. The van der Waals surface area contributed by atoms with Gasteiger partial charge in [-0.2, -0.15) is 4.31 Å². The molecule has 3 rings (SSSR count). The molecule has 9 heteroatoms. The smallest absolute Gasteiger partial charge is 0.321 e. The van der Waals surface area contributed by atoms with Crippen molar-refractivity contribution in [3.63, 3.8) is 0 Å². The molecule has 0 aliphatic carbocycles. The van der Waals surface area contributed by atoms with Crippen molar-refractivity contribution in [3.8, 4) is 11.5 Å². The van der Waals surface area contributed by atoms with Gasteiger partial charge in [-0.3, -0.25) is 9.59 Å². The van der Waals surface area contributed by atoms with E-state index in [0.29, 0.717) is 17.1 Å². The minimum Gasteiger partial charge on any atom is -0.456 e. The van der Waals surface area contributed by atoms with Gasteiger partial charge in [0.25, 0.3) is 0 Å². The molecule has 0 atom stereocenters. The molecule has 0 aromatic heterocycles. The summed E-state index contributed by atoms with van der Waals surface area (Å²) in [4.78, 5) is 24.2. The van der Waals surface area contributed by atoms with Crippen molar-refractivity contribution in [1.29, 1.82) is 0 Å². The number of esters is 1. The normalized spacial score (nSPS) is 12.8. The molecule has 0 amide bonds. The number of benzene rings is 2. The third-order valence-electron chi connectivity index (χ3n) is 4.14. The van der Waals surface area contributed by atoms with Gasteiger partial charge in [-0.15, -0.1) is 0 Å². The summed E-state index contributed by atoms with van der Waals surface area (Å²) in [6, 6.07) is 10.9. The van der Waals surface area contributed by atoms with E-state index in [4.69, 9.17) is 14.2 Å². The molecule has 8 nitrogen and oxygen atoms in total. The summed E-state index contributed by atoms with van der Waals surface area (Å²) in [5.41, 5.74) is 1.22. The molecular weight excluding hydrogens is 386 g/mol. The van der Waals surface area contributed by atoms with E-state index in [9.17, 15) is 18.0 Å². The molecular formula is C19H19NO7S. The maximum Gasteiger partial charge on any atom is 0.321 e. The third kappa shape index (κ3) is 4.32. The van der Waals surface area contributed by atoms with Crippen LogP contribution in [0.2, 0.25) is 0 Å². The Morgan fingerprint density at radius 2 is 1.75 bits per heavy atom. The van der Waals surface area contributed by atoms with Gasteiger partial charge in [0, 0.05) is 12.6 Å². The third-order valence-corrected chi connectivity index (χ3v) is 5.96. The number of nitrogens with zero attached hydrogens (tertiary/aromatic N) is 1. The average molecular weight is 405 g/mol. The van der Waals surface area contributed by atoms with E-state index in [1.54, 1.807) is 18.2 Å². The van der Waals surface area contributed by atoms with Crippen molar-refractivity contribution in [2.45, 2.75) is 11.8 Å². The highest BCUT2D eigenvalue weighted by molar-refractivity contribution is 7.89. The number of hydrogen-bond donors (Lipinski definition) is 0. The zero-order valence-corrected chi connectivity index (χ0v) is 16.2. The molecule has 0 fully saturated rings. The predicted octanol–water partition coefficient (Wildman–Crippen LogP) is 1.77. The van der Waals surface area contributed by atoms with Gasteiger partial charge in [-0.05, 0) is 37.3 Å². The minimum absolute atomic E-state index is 0.0739. The molecule has 28 heavy (non-hydrogen) atoms. The van der Waals surface area contributed by atoms with E-state index in [1.165, 1.54) is 31.3 Å². The molecule has 1 heterocycles. The van der Waals surface area contributed by atoms with Crippen molar-refractivity contribution < 1.29 is 32.2 Å². The van der Waals surface area contributed by atoms with Crippen LogP contribution in [0, 0.1) is 6.92 Å². The monoisotopic (exact) mass is 405 g/mol. The summed E-state index contributed by atoms with van der Waals surface area (Å²) in [6.07, 6.45) is 0. The van der Waals surface area contributed by atoms with Gasteiger partial charge < -0.3 is 14.2 Å². The van der Waals surface area contributed by atoms with E-state index in [-0.39, 0.29) is 11.7 Å². The molecule has 0 unspecified atom stereocenters. The van der Waals surface area contributed by atoms with Crippen LogP contribution in [0.5, 0.6) is 11.5 Å². The lowest BCUT2D eigenvalue weighted by molar-refractivity contribution is -0.142. The number of likely N-dealkylation sites (N-methyl/N-ethyl adjacent to an activating group) is 1. The molecule has 148 valence electrons. The van der Waals surface area contributed by atoms with Crippen LogP contribution < -0.4 is 9.47 Å². The molecule has 0 bridgehead atoms. The van der Waals surface area contributed by atoms with Crippen LogP contribution in [0.4, 0.5) is 0 Å². The van der Waals surface area contributed by atoms with Crippen molar-refractivity contribution in [2.75, 3.05) is 27.0 Å². The maximum absolute atomic E-state index is 12.5. The van der Waals surface area contributed by atoms with Gasteiger partial charge in [-0.25, -0.2) is 8.42 Å². The molecule has 2 aromatic carbocycles. The lowest BCUT2D eigenvalue weighted by atomic mass is 10.1. The van der Waals surface area contributed by atoms with Crippen LogP contribution in [0.15, 0.2) is 47.4 Å². The number of rotatable bonds is 7. The van der Waals surface area contributed by atoms with Crippen LogP contribution in [-0.2, 0) is 19.6 Å². The Balaban J connectivity index is 1.56. The fourth-order valence-electron chi connectivity index (χ4n) is 2.50. The van der Waals surface area contributed by atoms with Crippen molar-refractivity contribution >= 4 is 21.8 Å². The zero-order valence-electron chi connectivity index (χ0n) is 15.4. The van der Waals surface area contributed by atoms with Crippen LogP contribution >= 0.6 is 0 Å². The Kier molecular flexibility index (Phi) is 5.66. The number of carbonyl (C=O) groups excluding carboxylic acids is 2. The van der Waals surface area contributed by atoms with Crippen molar-refractivity contribution in [1.82, 2.24) is 4.31 Å². The quantitative estimate of drug-likeness (QED) is 0.511. The number of aryl methyl sites for hydroxylation is 1. The van der Waals surface area contributed by atoms with Crippen LogP contribution in [0.3, 0.4) is 0 Å². The van der Waals surface area contributed by atoms with Crippen LogP contribution in [0.1, 0.15) is 15.9 Å². The zero-order chi connectivity index (χ0) is 20.3. The van der Waals surface area contributed by atoms with E-state index >= 15 is 0 Å². The van der Waals surface area contributed by atoms with Gasteiger partial charge in [-0.1, -0.05) is 17.7 Å². The lowest BCUT2D eigenvalue weighted by Crippen LogP contribution is -2.33. The number of sulfonamides is 1. The summed E-state index contributed by atoms with van der Waals surface area (Å²) in [7, 11) is -2.56. The fourth-order valence-corrected chi connectivity index (χ4v) is 3.62. The molecule has 0 saturated carbocycles. The summed E-state index contributed by atoms with van der Waals surface area (Å²) < 4.78 is 41.1. The second-order valence-electron chi connectivity index (χ2n) is 6.23. The van der Waals surface area contributed by atoms with Gasteiger partial charge >= 0.3 is 5.97 Å². The van der Waals surface area contributed by atoms with Crippen LogP contribution in [0.25, 0.3) is 0 Å². The first-order chi connectivity index (χ1) is 13.3. The second-order valence-corrected chi connectivity index (χ2v) is 8.27. The highest BCUT2D eigenvalue weighted by Crippen LogP contribution is 2.32. The molecule has 1 aliphatic rings. The van der Waals surface area contributed by atoms with Crippen LogP contribution in [-0.4, -0.2) is 51.5 Å². The summed E-state index contributed by atoms with van der Waals surface area (Å²) in [6.45, 7) is 0.917. The van der Waals surface area contributed by atoms with Gasteiger partial charge in [0.15, 0.2) is 23.9 Å². The summed E-state index contributed by atoms with van der Waals surface area (Å²) in [5.74, 6) is -0.277. The Morgan fingerprint density at radius 3 is 2.46 bits per heavy atom. The maximum atomic E-state index is 12.5. The molecule has 0 spiro atoms. The number of ketones is 1. The lowest BCUT2D eigenvalue weighted by Gasteiger charge is -2.16. The van der Waals surface area contributed by atoms with Crippen molar-refractivity contribution in [3.05, 3.63) is 53.6 Å². The standard InChI is InChI=1S/C19H19NO7S/c1-13-3-6-15(7-4-13)28(23,24)20(2)10-19(22)25-11-16(21)14-5-8-17-18(9-14)27-12-26-17/h3-9H,10-12H2,1-2H3. The topological polar surface area (TPSA) is 99.2 Å². The first kappa shape index (κ1) is 19.8. The van der Waals surface area contributed by atoms with Gasteiger partial charge in [0.1, 0.15) is 6.54 Å². The van der Waals surface area contributed by atoms with E-state index in [0.717, 1.165) is 9.87 Å². The molecule has 0 radical (unpaired) electrons. The number of hydrogen-bond acceptors (Lipinski definition) is 7. The molecule has 0 saturated heterocycles. The number of Topliss-reactive ketones (excluding diaryl/α,β-unsaturated/α-hetero) is 1. The first-order valence-corrected chi connectivity index (χ1v) is 9.83. The molecule has 2 aromatic rings. The number of ether oxygens (including phenoxy) is 3. The van der Waals surface area contributed by atoms with E-state index in [2.05, 4.69) is 0 Å². The molecule has 0 N–H and O–H groups in total. The Morgan fingerprint density at radius 1 is 1.07 bits per heavy atom. The van der Waals surface area contributed by atoms with Gasteiger partial charge in [0.05, 0.1) is 4.90 Å². The van der Waals surface area contributed by atoms with Gasteiger partial charge in [0.2, 0.25) is 16.8 Å².